The fourth-order valence-corrected chi connectivity index (χ4v) is 0.656. The molecule has 0 unspecified atom stereocenters. The molecular formula is C8H15F3N2. The Morgan fingerprint density at radius 3 is 2.38 bits per heavy atom. The van der Waals surface area contributed by atoms with Crippen LogP contribution in [0.2, 0.25) is 0 Å². The van der Waals surface area contributed by atoms with Gasteiger partial charge in [0.15, 0.2) is 0 Å². The molecule has 0 aromatic heterocycles. The van der Waals surface area contributed by atoms with Crippen LogP contribution in [0.3, 0.4) is 0 Å². The average Bonchev–Trinajstić information content (AvgIpc) is 2.02. The van der Waals surface area contributed by atoms with E-state index in [0.717, 1.165) is 19.5 Å². The van der Waals surface area contributed by atoms with Crippen LogP contribution >= 0.6 is 0 Å². The lowest BCUT2D eigenvalue weighted by atomic mass is 10.3. The molecule has 0 saturated heterocycles. The number of allylic oxidation sites excluding steroid dienone is 1. The summed E-state index contributed by atoms with van der Waals surface area (Å²) in [4.78, 5) is 0. The van der Waals surface area contributed by atoms with E-state index < -0.39 is 11.7 Å². The van der Waals surface area contributed by atoms with Gasteiger partial charge in [0, 0.05) is 25.2 Å². The van der Waals surface area contributed by atoms with Gasteiger partial charge in [-0.1, -0.05) is 6.08 Å². The maximum atomic E-state index is 11.9. The molecule has 0 heterocycles. The van der Waals surface area contributed by atoms with E-state index in [2.05, 4.69) is 10.6 Å². The van der Waals surface area contributed by atoms with Crippen LogP contribution in [0, 0.1) is 0 Å². The van der Waals surface area contributed by atoms with Gasteiger partial charge < -0.3 is 10.6 Å². The van der Waals surface area contributed by atoms with Crippen molar-refractivity contribution in [1.29, 1.82) is 0 Å². The van der Waals surface area contributed by atoms with Crippen molar-refractivity contribution in [2.75, 3.05) is 26.7 Å². The molecule has 0 aliphatic heterocycles. The maximum absolute atomic E-state index is 11.9. The molecule has 2 N–H and O–H groups in total. The summed E-state index contributed by atoms with van der Waals surface area (Å²) >= 11 is 0. The molecule has 0 bridgehead atoms. The van der Waals surface area contributed by atoms with E-state index in [0.29, 0.717) is 6.54 Å². The highest BCUT2D eigenvalue weighted by Crippen LogP contribution is 2.24. The van der Waals surface area contributed by atoms with Crippen LogP contribution in [0.15, 0.2) is 11.6 Å². The van der Waals surface area contributed by atoms with Crippen molar-refractivity contribution in [3.8, 4) is 0 Å². The Hall–Kier alpha value is -0.550. The van der Waals surface area contributed by atoms with Crippen molar-refractivity contribution >= 4 is 0 Å². The minimum atomic E-state index is -4.19. The highest BCUT2D eigenvalue weighted by molar-refractivity contribution is 5.05. The van der Waals surface area contributed by atoms with E-state index in [-0.39, 0.29) is 6.54 Å². The van der Waals surface area contributed by atoms with Gasteiger partial charge in [0.1, 0.15) is 0 Å². The Labute approximate surface area is 76.2 Å². The zero-order chi connectivity index (χ0) is 10.3. The maximum Gasteiger partial charge on any atom is 0.412 e. The van der Waals surface area contributed by atoms with Gasteiger partial charge in [0.2, 0.25) is 0 Å². The van der Waals surface area contributed by atoms with Gasteiger partial charge in [0.05, 0.1) is 0 Å². The van der Waals surface area contributed by atoms with Crippen molar-refractivity contribution in [2.24, 2.45) is 0 Å². The van der Waals surface area contributed by atoms with Gasteiger partial charge in [0.25, 0.3) is 0 Å². The summed E-state index contributed by atoms with van der Waals surface area (Å²) in [5.74, 6) is 0. The summed E-state index contributed by atoms with van der Waals surface area (Å²) in [5, 5.41) is 5.73. The SMILES string of the molecule is CNCCNC/C=C(\C)C(F)(F)F. The Morgan fingerprint density at radius 2 is 1.92 bits per heavy atom. The first-order valence-corrected chi connectivity index (χ1v) is 4.07. The Morgan fingerprint density at radius 1 is 1.31 bits per heavy atom. The third kappa shape index (κ3) is 6.60. The number of nitrogens with one attached hydrogen (secondary N) is 2. The molecule has 0 aromatic rings. The fraction of sp³-hybridized carbons (Fsp3) is 0.750. The third-order valence-corrected chi connectivity index (χ3v) is 1.55. The Bertz CT molecular complexity index is 163. The molecule has 0 saturated carbocycles. The third-order valence-electron chi connectivity index (χ3n) is 1.55. The van der Waals surface area contributed by atoms with Crippen molar-refractivity contribution < 1.29 is 13.2 Å². The van der Waals surface area contributed by atoms with Crippen LogP contribution in [0.5, 0.6) is 0 Å². The highest BCUT2D eigenvalue weighted by Gasteiger charge is 2.29. The monoisotopic (exact) mass is 196 g/mol. The molecule has 0 atom stereocenters. The normalized spacial score (nSPS) is 13.5. The zero-order valence-corrected chi connectivity index (χ0v) is 7.83. The molecule has 0 amide bonds. The molecule has 0 aromatic carbocycles. The zero-order valence-electron chi connectivity index (χ0n) is 7.83. The molecule has 0 spiro atoms. The summed E-state index contributed by atoms with van der Waals surface area (Å²) in [7, 11) is 1.79. The van der Waals surface area contributed by atoms with E-state index in [1.807, 2.05) is 0 Å². The largest absolute Gasteiger partial charge is 0.412 e. The van der Waals surface area contributed by atoms with E-state index in [1.54, 1.807) is 7.05 Å². The van der Waals surface area contributed by atoms with E-state index in [9.17, 15) is 13.2 Å². The molecule has 0 rings (SSSR count). The lowest BCUT2D eigenvalue weighted by Crippen LogP contribution is -2.25. The van der Waals surface area contributed by atoms with Gasteiger partial charge in [-0.3, -0.25) is 0 Å². The standard InChI is InChI=1S/C8H15F3N2/c1-7(8(9,10)11)3-4-13-6-5-12-2/h3,12-13H,4-6H2,1-2H3/b7-3+. The second-order valence-electron chi connectivity index (χ2n) is 2.69. The van der Waals surface area contributed by atoms with Crippen LogP contribution in [-0.2, 0) is 0 Å². The molecule has 78 valence electrons. The van der Waals surface area contributed by atoms with Gasteiger partial charge in [-0.2, -0.15) is 13.2 Å². The molecule has 0 aliphatic carbocycles. The predicted molar refractivity (Wildman–Crippen MR) is 46.6 cm³/mol. The summed E-state index contributed by atoms with van der Waals surface area (Å²) in [6.45, 7) is 2.74. The lowest BCUT2D eigenvalue weighted by molar-refractivity contribution is -0.0915. The highest BCUT2D eigenvalue weighted by atomic mass is 19.4. The van der Waals surface area contributed by atoms with E-state index in [4.69, 9.17) is 0 Å². The van der Waals surface area contributed by atoms with Crippen molar-refractivity contribution in [3.05, 3.63) is 11.6 Å². The van der Waals surface area contributed by atoms with Gasteiger partial charge in [-0.05, 0) is 14.0 Å². The quantitative estimate of drug-likeness (QED) is 0.511. The van der Waals surface area contributed by atoms with Crippen molar-refractivity contribution in [1.82, 2.24) is 10.6 Å². The Kier molecular flexibility index (Phi) is 5.73. The number of likely N-dealkylation sites (N-methyl/N-ethyl adjacent to an activating group) is 1. The molecule has 0 fully saturated rings. The summed E-state index contributed by atoms with van der Waals surface area (Å²) in [5.41, 5.74) is -0.551. The number of hydrogen-bond acceptors (Lipinski definition) is 2. The second kappa shape index (κ2) is 5.99. The average molecular weight is 196 g/mol. The predicted octanol–water partition coefficient (Wildman–Crippen LogP) is 1.30. The first-order valence-electron chi connectivity index (χ1n) is 4.07. The molecule has 5 heteroatoms. The van der Waals surface area contributed by atoms with Crippen molar-refractivity contribution in [2.45, 2.75) is 13.1 Å². The summed E-state index contributed by atoms with van der Waals surface area (Å²) in [6.07, 6.45) is -3.04. The second-order valence-corrected chi connectivity index (χ2v) is 2.69. The number of halogens is 3. The van der Waals surface area contributed by atoms with Crippen LogP contribution in [-0.4, -0.2) is 32.9 Å². The first-order chi connectivity index (χ1) is 5.98. The van der Waals surface area contributed by atoms with Crippen LogP contribution in [0.4, 0.5) is 13.2 Å². The molecule has 0 radical (unpaired) electrons. The van der Waals surface area contributed by atoms with Gasteiger partial charge in [-0.25, -0.2) is 0 Å². The van der Waals surface area contributed by atoms with E-state index >= 15 is 0 Å². The number of hydrogen-bond donors (Lipinski definition) is 2. The minimum absolute atomic E-state index is 0.257. The van der Waals surface area contributed by atoms with Crippen LogP contribution in [0.25, 0.3) is 0 Å². The smallest absolute Gasteiger partial charge is 0.318 e. The summed E-state index contributed by atoms with van der Waals surface area (Å²) < 4.78 is 35.7. The molecule has 13 heavy (non-hydrogen) atoms. The molecule has 0 aliphatic rings. The molecule has 2 nitrogen and oxygen atoms in total. The van der Waals surface area contributed by atoms with Crippen LogP contribution < -0.4 is 10.6 Å². The lowest BCUT2D eigenvalue weighted by Gasteiger charge is -2.06. The van der Waals surface area contributed by atoms with Gasteiger partial charge >= 0.3 is 6.18 Å². The van der Waals surface area contributed by atoms with Crippen molar-refractivity contribution in [3.63, 3.8) is 0 Å². The summed E-state index contributed by atoms with van der Waals surface area (Å²) in [6, 6.07) is 0. The number of alkyl halides is 3. The fourth-order valence-electron chi connectivity index (χ4n) is 0.656. The Balaban J connectivity index is 3.60. The minimum Gasteiger partial charge on any atom is -0.318 e. The molecular weight excluding hydrogens is 181 g/mol. The first kappa shape index (κ1) is 12.4. The van der Waals surface area contributed by atoms with Crippen LogP contribution in [0.1, 0.15) is 6.92 Å². The topological polar surface area (TPSA) is 24.1 Å². The van der Waals surface area contributed by atoms with Gasteiger partial charge in [-0.15, -0.1) is 0 Å². The number of rotatable bonds is 5. The van der Waals surface area contributed by atoms with E-state index in [1.165, 1.54) is 0 Å².